The highest BCUT2D eigenvalue weighted by molar-refractivity contribution is 6.29. The molecule has 6 heteroatoms. The molecule has 0 aromatic carbocycles. The minimum atomic E-state index is -0.217. The van der Waals surface area contributed by atoms with Crippen LogP contribution in [0.25, 0.3) is 0 Å². The van der Waals surface area contributed by atoms with E-state index < -0.39 is 0 Å². The number of anilines is 1. The Bertz CT molecular complexity index is 396. The van der Waals surface area contributed by atoms with Crippen molar-refractivity contribution in [3.8, 4) is 0 Å². The van der Waals surface area contributed by atoms with Crippen molar-refractivity contribution in [3.63, 3.8) is 0 Å². The first kappa shape index (κ1) is 13.7. The highest BCUT2D eigenvalue weighted by Crippen LogP contribution is 2.16. The average molecular weight is 258 g/mol. The molecule has 1 rings (SSSR count). The number of amides is 1. The molecule has 0 aliphatic heterocycles. The van der Waals surface area contributed by atoms with Crippen molar-refractivity contribution < 1.29 is 9.90 Å². The van der Waals surface area contributed by atoms with E-state index in [9.17, 15) is 4.79 Å². The van der Waals surface area contributed by atoms with Crippen molar-refractivity contribution in [2.24, 2.45) is 0 Å². The third-order valence-corrected chi connectivity index (χ3v) is 2.32. The summed E-state index contributed by atoms with van der Waals surface area (Å²) in [6, 6.07) is 3.18. The van der Waals surface area contributed by atoms with Gasteiger partial charge in [0.05, 0.1) is 0 Å². The summed E-state index contributed by atoms with van der Waals surface area (Å²) in [6.45, 7) is 0.493. The van der Waals surface area contributed by atoms with Crippen molar-refractivity contribution in [3.05, 3.63) is 22.8 Å². The van der Waals surface area contributed by atoms with E-state index in [1.807, 2.05) is 14.1 Å². The summed E-state index contributed by atoms with van der Waals surface area (Å²) in [5.74, 6) is 0.413. The van der Waals surface area contributed by atoms with E-state index in [4.69, 9.17) is 16.7 Å². The highest BCUT2D eigenvalue weighted by atomic mass is 35.5. The number of halogens is 1. The van der Waals surface area contributed by atoms with Gasteiger partial charge in [-0.25, -0.2) is 4.98 Å². The molecule has 0 unspecified atom stereocenters. The number of nitrogens with one attached hydrogen (secondary N) is 1. The van der Waals surface area contributed by atoms with Gasteiger partial charge in [-0.1, -0.05) is 11.6 Å². The molecule has 1 amide bonds. The van der Waals surface area contributed by atoms with Gasteiger partial charge in [0.15, 0.2) is 0 Å². The summed E-state index contributed by atoms with van der Waals surface area (Å²) in [5, 5.41) is 11.6. The van der Waals surface area contributed by atoms with Crippen LogP contribution < -0.4 is 10.2 Å². The van der Waals surface area contributed by atoms with Gasteiger partial charge in [0, 0.05) is 32.8 Å². The molecule has 17 heavy (non-hydrogen) atoms. The number of aliphatic hydroxyl groups excluding tert-OH is 1. The Labute approximate surface area is 105 Å². The lowest BCUT2D eigenvalue weighted by atomic mass is 10.2. The summed E-state index contributed by atoms with van der Waals surface area (Å²) in [6.07, 6.45) is 0.533. The number of aliphatic hydroxyl groups is 1. The quantitative estimate of drug-likeness (QED) is 0.608. The van der Waals surface area contributed by atoms with Gasteiger partial charge in [0.25, 0.3) is 5.91 Å². The van der Waals surface area contributed by atoms with Crippen molar-refractivity contribution >= 4 is 23.3 Å². The molecule has 1 aromatic heterocycles. The van der Waals surface area contributed by atoms with Gasteiger partial charge in [-0.3, -0.25) is 4.79 Å². The Morgan fingerprint density at radius 3 is 2.82 bits per heavy atom. The molecule has 0 aliphatic rings. The minimum Gasteiger partial charge on any atom is -0.396 e. The second kappa shape index (κ2) is 6.42. The van der Waals surface area contributed by atoms with Crippen LogP contribution >= 0.6 is 11.6 Å². The predicted octanol–water partition coefficient (Wildman–Crippen LogP) is 0.913. The van der Waals surface area contributed by atoms with Gasteiger partial charge in [-0.05, 0) is 18.6 Å². The van der Waals surface area contributed by atoms with Gasteiger partial charge >= 0.3 is 0 Å². The lowest BCUT2D eigenvalue weighted by molar-refractivity contribution is 0.0951. The topological polar surface area (TPSA) is 65.5 Å². The normalized spacial score (nSPS) is 10.1. The molecule has 0 atom stereocenters. The van der Waals surface area contributed by atoms with Gasteiger partial charge < -0.3 is 15.3 Å². The minimum absolute atomic E-state index is 0.0559. The first-order chi connectivity index (χ1) is 8.04. The Hall–Kier alpha value is -1.33. The van der Waals surface area contributed by atoms with Crippen LogP contribution in [0.5, 0.6) is 0 Å². The number of rotatable bonds is 5. The van der Waals surface area contributed by atoms with Crippen LogP contribution in [0, 0.1) is 0 Å². The first-order valence-electron chi connectivity index (χ1n) is 5.28. The molecular formula is C11H16ClN3O2. The molecule has 0 radical (unpaired) electrons. The summed E-state index contributed by atoms with van der Waals surface area (Å²) in [4.78, 5) is 17.6. The monoisotopic (exact) mass is 257 g/mol. The van der Waals surface area contributed by atoms with E-state index >= 15 is 0 Å². The Morgan fingerprint density at radius 2 is 2.24 bits per heavy atom. The third kappa shape index (κ3) is 4.20. The largest absolute Gasteiger partial charge is 0.396 e. The summed E-state index contributed by atoms with van der Waals surface area (Å²) in [5.41, 5.74) is 0.464. The van der Waals surface area contributed by atoms with Crippen molar-refractivity contribution in [2.75, 3.05) is 32.1 Å². The van der Waals surface area contributed by atoms with Crippen LogP contribution in [-0.2, 0) is 0 Å². The number of hydrogen-bond acceptors (Lipinski definition) is 4. The van der Waals surface area contributed by atoms with E-state index in [0.29, 0.717) is 24.3 Å². The SMILES string of the molecule is CN(C)c1cc(C(=O)NCCCO)cc(Cl)n1. The number of hydrogen-bond donors (Lipinski definition) is 2. The zero-order chi connectivity index (χ0) is 12.8. The maximum atomic E-state index is 11.7. The van der Waals surface area contributed by atoms with Crippen LogP contribution in [0.3, 0.4) is 0 Å². The van der Waals surface area contributed by atoms with Crippen LogP contribution in [0.15, 0.2) is 12.1 Å². The third-order valence-electron chi connectivity index (χ3n) is 2.12. The molecule has 0 aliphatic carbocycles. The van der Waals surface area contributed by atoms with E-state index in [1.54, 1.807) is 11.0 Å². The summed E-state index contributed by atoms with van der Waals surface area (Å²) in [7, 11) is 3.65. The Morgan fingerprint density at radius 1 is 1.53 bits per heavy atom. The van der Waals surface area contributed by atoms with Crippen LogP contribution in [0.4, 0.5) is 5.82 Å². The Balaban J connectivity index is 2.79. The van der Waals surface area contributed by atoms with Crippen molar-refractivity contribution in [1.29, 1.82) is 0 Å². The highest BCUT2D eigenvalue weighted by Gasteiger charge is 2.09. The predicted molar refractivity (Wildman–Crippen MR) is 67.6 cm³/mol. The molecule has 1 aromatic rings. The van der Waals surface area contributed by atoms with Crippen molar-refractivity contribution in [1.82, 2.24) is 10.3 Å². The Kier molecular flexibility index (Phi) is 5.18. The molecule has 0 fully saturated rings. The first-order valence-corrected chi connectivity index (χ1v) is 5.66. The summed E-state index contributed by atoms with van der Waals surface area (Å²) >= 11 is 5.84. The number of aromatic nitrogens is 1. The van der Waals surface area contributed by atoms with Crippen LogP contribution in [-0.4, -0.2) is 43.2 Å². The zero-order valence-corrected chi connectivity index (χ0v) is 10.7. The maximum Gasteiger partial charge on any atom is 0.251 e. The smallest absolute Gasteiger partial charge is 0.251 e. The van der Waals surface area contributed by atoms with E-state index in [0.717, 1.165) is 0 Å². The van der Waals surface area contributed by atoms with Crippen molar-refractivity contribution in [2.45, 2.75) is 6.42 Å². The van der Waals surface area contributed by atoms with E-state index in [1.165, 1.54) is 6.07 Å². The zero-order valence-electron chi connectivity index (χ0n) is 9.90. The number of nitrogens with zero attached hydrogens (tertiary/aromatic N) is 2. The number of pyridine rings is 1. The van der Waals surface area contributed by atoms with Gasteiger partial charge in [0.2, 0.25) is 0 Å². The average Bonchev–Trinajstić information content (AvgIpc) is 2.28. The lowest BCUT2D eigenvalue weighted by Crippen LogP contribution is -2.25. The van der Waals surface area contributed by atoms with E-state index in [-0.39, 0.29) is 17.7 Å². The molecule has 0 saturated carbocycles. The van der Waals surface area contributed by atoms with Crippen LogP contribution in [0.1, 0.15) is 16.8 Å². The number of carbonyl (C=O) groups excluding carboxylic acids is 1. The molecule has 0 spiro atoms. The molecule has 1 heterocycles. The standard InChI is InChI=1S/C11H16ClN3O2/c1-15(2)10-7-8(6-9(12)14-10)11(17)13-4-3-5-16/h6-7,16H,3-5H2,1-2H3,(H,13,17). The van der Waals surface area contributed by atoms with E-state index in [2.05, 4.69) is 10.3 Å². The fourth-order valence-corrected chi connectivity index (χ4v) is 1.43. The summed E-state index contributed by atoms with van der Waals surface area (Å²) < 4.78 is 0. The fraction of sp³-hybridized carbons (Fsp3) is 0.455. The molecular weight excluding hydrogens is 242 g/mol. The second-order valence-electron chi connectivity index (χ2n) is 3.76. The van der Waals surface area contributed by atoms with Gasteiger partial charge in [-0.2, -0.15) is 0 Å². The lowest BCUT2D eigenvalue weighted by Gasteiger charge is -2.13. The molecule has 94 valence electrons. The molecule has 0 saturated heterocycles. The van der Waals surface area contributed by atoms with Crippen LogP contribution in [0.2, 0.25) is 5.15 Å². The fourth-order valence-electron chi connectivity index (χ4n) is 1.23. The van der Waals surface area contributed by atoms with Gasteiger partial charge in [-0.15, -0.1) is 0 Å². The maximum absolute atomic E-state index is 11.7. The molecule has 0 bridgehead atoms. The molecule has 2 N–H and O–H groups in total. The van der Waals surface area contributed by atoms with Gasteiger partial charge in [0.1, 0.15) is 11.0 Å². The molecule has 5 nitrogen and oxygen atoms in total. The number of carbonyl (C=O) groups is 1. The second-order valence-corrected chi connectivity index (χ2v) is 4.15.